The summed E-state index contributed by atoms with van der Waals surface area (Å²) in [6.07, 6.45) is 3.63. The molecule has 2 aliphatic rings. The van der Waals surface area contributed by atoms with Crippen molar-refractivity contribution in [2.45, 2.75) is 0 Å². The molecular formula is C31H21N8NiO12S4-5. The van der Waals surface area contributed by atoms with Crippen LogP contribution in [0.1, 0.15) is 5.56 Å². The van der Waals surface area contributed by atoms with Gasteiger partial charge in [-0.3, -0.25) is 0 Å². The van der Waals surface area contributed by atoms with Gasteiger partial charge in [0.2, 0.25) is 0 Å². The molecule has 3 aromatic carbocycles. The molecule has 3 aromatic heterocycles. The molecule has 2 aliphatic heterocycles. The van der Waals surface area contributed by atoms with E-state index in [1.165, 1.54) is 0 Å². The maximum atomic E-state index is 8.56. The number of allylic oxidation sites excluding steroid dienone is 1. The summed E-state index contributed by atoms with van der Waals surface area (Å²) in [5.41, 5.74) is 6.66. The van der Waals surface area contributed by atoms with E-state index in [1.807, 2.05) is 78.9 Å². The Morgan fingerprint density at radius 2 is 0.875 bits per heavy atom. The van der Waals surface area contributed by atoms with Gasteiger partial charge >= 0.3 is 206 Å². The van der Waals surface area contributed by atoms with Gasteiger partial charge in [-0.15, -0.1) is 0 Å². The van der Waals surface area contributed by atoms with Gasteiger partial charge < -0.3 is 36.4 Å². The zero-order valence-electron chi connectivity index (χ0n) is 27.3. The number of rotatable bonds is 2. The van der Waals surface area contributed by atoms with E-state index in [2.05, 4.69) is 16.0 Å². The summed E-state index contributed by atoms with van der Waals surface area (Å²) in [5, 5.41) is 1.88. The first-order valence-corrected chi connectivity index (χ1v) is 19.3. The van der Waals surface area contributed by atoms with Gasteiger partial charge in [0.1, 0.15) is 0 Å². The van der Waals surface area contributed by atoms with E-state index in [9.17, 15) is 0 Å². The second-order valence-electron chi connectivity index (χ2n) is 10.1. The van der Waals surface area contributed by atoms with Crippen LogP contribution in [-0.4, -0.2) is 98.1 Å². The van der Waals surface area contributed by atoms with Crippen molar-refractivity contribution in [2.24, 2.45) is 0 Å². The van der Waals surface area contributed by atoms with Crippen LogP contribution in [0.15, 0.2) is 78.9 Å². The molecule has 25 heteroatoms. The minimum atomic E-state index is -2.86. The first-order valence-electron chi connectivity index (χ1n) is 14.6. The summed E-state index contributed by atoms with van der Waals surface area (Å²) in [7, 11) is 0. The van der Waals surface area contributed by atoms with E-state index in [-0.39, 0.29) is 0 Å². The molecule has 0 aliphatic carbocycles. The van der Waals surface area contributed by atoms with Crippen LogP contribution in [0.4, 0.5) is 0 Å². The van der Waals surface area contributed by atoms with E-state index in [0.717, 1.165) is 33.0 Å². The van der Waals surface area contributed by atoms with Crippen molar-refractivity contribution in [3.05, 3.63) is 90.5 Å². The summed E-state index contributed by atoms with van der Waals surface area (Å²) in [6, 6.07) is 27.2. The molecule has 4 unspecified atom stereocenters. The Labute approximate surface area is 332 Å². The third-order valence-electron chi connectivity index (χ3n) is 6.86. The Kier molecular flexibility index (Phi) is 16.4. The molecule has 5 heterocycles. The molecule has 8 bridgehead atoms. The molecule has 6 N–H and O–H groups in total. The normalized spacial score (nSPS) is 13.0. The van der Waals surface area contributed by atoms with Crippen molar-refractivity contribution in [1.29, 1.82) is 0 Å². The monoisotopic (exact) mass is 883 g/mol. The Morgan fingerprint density at radius 1 is 0.536 bits per heavy atom. The Bertz CT molecular complexity index is 2620. The van der Waals surface area contributed by atoms with Crippen molar-refractivity contribution in [2.75, 3.05) is 0 Å². The number of aromatic amines is 2. The first-order chi connectivity index (χ1) is 26.7. The Morgan fingerprint density at radius 3 is 1.25 bits per heavy atom. The quantitative estimate of drug-likeness (QED) is 0.0824. The fourth-order valence-electron chi connectivity index (χ4n) is 5.06. The fourth-order valence-corrected chi connectivity index (χ4v) is 5.16. The van der Waals surface area contributed by atoms with Crippen molar-refractivity contribution in [3.63, 3.8) is 0 Å². The second-order valence-corrected chi connectivity index (χ2v) is 12.2. The van der Waals surface area contributed by atoms with Gasteiger partial charge in [-0.05, 0) is 0 Å². The molecule has 0 saturated carbocycles. The van der Waals surface area contributed by atoms with Crippen molar-refractivity contribution in [1.82, 2.24) is 39.9 Å². The van der Waals surface area contributed by atoms with E-state index in [1.54, 1.807) is 11.1 Å². The summed E-state index contributed by atoms with van der Waals surface area (Å²) >= 11 is -6.73. The molecule has 0 radical (unpaired) electrons. The number of hydrogen-bond acceptors (Lipinski definition) is 14. The van der Waals surface area contributed by atoms with Crippen LogP contribution in [0, 0.1) is 6.07 Å². The molecule has 0 fully saturated rings. The van der Waals surface area contributed by atoms with Gasteiger partial charge in [0.25, 0.3) is 0 Å². The van der Waals surface area contributed by atoms with E-state index in [0.29, 0.717) is 51.4 Å². The SMILES string of the molecule is O=S([O-])O.O=S([O-])O.O=S([O-])O.O=S([O-])O.[Ni]=[CH]/C=C\c1[c-]c2nc3nc(nc4[nH]c(nc5nc(nc1[nH]2)-c1ccccc1-5)c1ccccc41)-c1ccccc1-3. The van der Waals surface area contributed by atoms with Crippen LogP contribution in [0.2, 0.25) is 0 Å². The van der Waals surface area contributed by atoms with Gasteiger partial charge in [-0.2, -0.15) is 0 Å². The molecule has 20 nitrogen and oxygen atoms in total. The fraction of sp³-hybridized carbons (Fsp3) is 0. The molecule has 8 rings (SSSR count). The number of benzene rings is 3. The number of hydrogen-bond donors (Lipinski definition) is 6. The maximum absolute atomic E-state index is 8.56. The van der Waals surface area contributed by atoms with Crippen molar-refractivity contribution < 1.29 is 68.3 Å². The van der Waals surface area contributed by atoms with Crippen LogP contribution in [0.5, 0.6) is 0 Å². The van der Waals surface area contributed by atoms with E-state index >= 15 is 0 Å². The summed E-state index contributed by atoms with van der Waals surface area (Å²) in [6.45, 7) is 0. The van der Waals surface area contributed by atoms with Gasteiger partial charge in [0.05, 0.1) is 45.4 Å². The predicted molar refractivity (Wildman–Crippen MR) is 199 cm³/mol. The third-order valence-corrected chi connectivity index (χ3v) is 7.05. The van der Waals surface area contributed by atoms with Crippen LogP contribution < -0.4 is 0 Å². The standard InChI is InChI=1S/C31H17N8.Ni.4H2O3S/c1-2-9-17-16-24-32-25(17)34-27-20-12-5-6-13-21(20)29(36-27)38-31-23-15-8-7-14-22(23)30(39-31)37-28-19-11-4-3-10-18(19)26(33-24)35-28;;4*1-4(2)3/h1-15H,(H2,32,33,34,35,36,37,38,39);;4*(H2,1,2,3)/q-1;;;;;/p-4/b9-2-;;;;;. The number of nitrogens with zero attached hydrogens (tertiary/aromatic N) is 6. The van der Waals surface area contributed by atoms with E-state index in [4.69, 9.17) is 98.2 Å². The number of fused-ring (bicyclic) bond motifs is 17. The van der Waals surface area contributed by atoms with Gasteiger partial charge in [-0.25, -0.2) is 16.8 Å². The average molecular weight is 885 g/mol. The Hall–Kier alpha value is -4.86. The topological polar surface area (TPSA) is 350 Å². The van der Waals surface area contributed by atoms with Gasteiger partial charge in [-0.1, -0.05) is 24.3 Å². The number of nitrogens with one attached hydrogen (secondary N) is 2. The number of H-pyrrole nitrogens is 2. The average Bonchev–Trinajstić information content (AvgIpc) is 3.87. The predicted octanol–water partition coefficient (Wildman–Crippen LogP) is 3.23. The van der Waals surface area contributed by atoms with Gasteiger partial charge in [0, 0.05) is 5.39 Å². The first kappa shape index (κ1) is 43.9. The molecule has 56 heavy (non-hydrogen) atoms. The molecular weight excluding hydrogens is 863 g/mol. The zero-order chi connectivity index (χ0) is 40.9. The van der Waals surface area contributed by atoms with Crippen molar-refractivity contribution >= 4 is 89.9 Å². The van der Waals surface area contributed by atoms with Crippen LogP contribution in [-0.2, 0) is 60.5 Å². The van der Waals surface area contributed by atoms with Crippen LogP contribution in [0.3, 0.4) is 0 Å². The zero-order valence-corrected chi connectivity index (χ0v) is 31.6. The summed E-state index contributed by atoms with van der Waals surface area (Å²) in [4.78, 5) is 37.7. The van der Waals surface area contributed by atoms with Crippen LogP contribution in [0.25, 0.3) is 85.0 Å². The second kappa shape index (κ2) is 20.9. The molecule has 0 spiro atoms. The molecule has 4 atom stereocenters. The molecule has 0 amide bonds. The summed E-state index contributed by atoms with van der Waals surface area (Å²) in [5.74, 6) is 2.22. The molecule has 0 saturated heterocycles. The third kappa shape index (κ3) is 12.3. The van der Waals surface area contributed by atoms with Crippen molar-refractivity contribution in [3.8, 4) is 45.6 Å². The van der Waals surface area contributed by atoms with Crippen LogP contribution >= 0.6 is 0 Å². The van der Waals surface area contributed by atoms with Gasteiger partial charge in [0.15, 0.2) is 0 Å². The Balaban J connectivity index is 0.000000374. The summed E-state index contributed by atoms with van der Waals surface area (Å²) < 4.78 is 96.3. The minimum absolute atomic E-state index is 0.488. The number of aromatic nitrogens is 8. The molecule has 6 aromatic rings. The van der Waals surface area contributed by atoms with E-state index < -0.39 is 45.4 Å². The molecule has 296 valence electrons.